The number of nitrogen functional groups attached to an aromatic ring is 1. The Balaban J connectivity index is 2.11. The molecule has 1 aliphatic rings. The van der Waals surface area contributed by atoms with Crippen molar-refractivity contribution in [1.82, 2.24) is 5.32 Å². The van der Waals surface area contributed by atoms with Crippen molar-refractivity contribution >= 4 is 11.6 Å². The fraction of sp³-hybridized carbons (Fsp3) is 0.417. The Hall–Kier alpha value is -1.75. The molecule has 0 saturated heterocycles. The van der Waals surface area contributed by atoms with Crippen LogP contribution in [0.15, 0.2) is 18.2 Å². The molecule has 5 heteroatoms. The summed E-state index contributed by atoms with van der Waals surface area (Å²) in [7, 11) is 1.48. The third-order valence-corrected chi connectivity index (χ3v) is 2.94. The van der Waals surface area contributed by atoms with Crippen molar-refractivity contribution in [3.8, 4) is 5.75 Å². The van der Waals surface area contributed by atoms with Gasteiger partial charge in [0.15, 0.2) is 5.75 Å². The molecule has 0 radical (unpaired) electrons. The number of anilines is 1. The molecule has 5 nitrogen and oxygen atoms in total. The molecular weight excluding hydrogens is 220 g/mol. The maximum Gasteiger partial charge on any atom is 0.255 e. The number of hydrogen-bond acceptors (Lipinski definition) is 4. The Bertz CT molecular complexity index is 428. The highest BCUT2D eigenvalue weighted by Crippen LogP contribution is 2.27. The van der Waals surface area contributed by atoms with Crippen LogP contribution in [-0.2, 0) is 0 Å². The van der Waals surface area contributed by atoms with Gasteiger partial charge >= 0.3 is 0 Å². The average Bonchev–Trinajstić information content (AvgIpc) is 2.26. The quantitative estimate of drug-likeness (QED) is 0.668. The largest absolute Gasteiger partial charge is 0.494 e. The van der Waals surface area contributed by atoms with Crippen LogP contribution in [0.5, 0.6) is 5.75 Å². The van der Waals surface area contributed by atoms with Crippen LogP contribution in [0.1, 0.15) is 23.2 Å². The van der Waals surface area contributed by atoms with Crippen LogP contribution in [0.4, 0.5) is 5.69 Å². The number of rotatable bonds is 3. The molecule has 0 aromatic heterocycles. The Morgan fingerprint density at radius 3 is 2.82 bits per heavy atom. The summed E-state index contributed by atoms with van der Waals surface area (Å²) in [6.45, 7) is 0. The van der Waals surface area contributed by atoms with E-state index in [9.17, 15) is 4.79 Å². The summed E-state index contributed by atoms with van der Waals surface area (Å²) in [5, 5.41) is 12.0. The summed E-state index contributed by atoms with van der Waals surface area (Å²) in [6.07, 6.45) is 0.926. The molecule has 4 N–H and O–H groups in total. The lowest BCUT2D eigenvalue weighted by molar-refractivity contribution is 0.0561. The first-order valence-corrected chi connectivity index (χ1v) is 5.53. The van der Waals surface area contributed by atoms with Gasteiger partial charge in [-0.05, 0) is 25.0 Å². The Labute approximate surface area is 99.6 Å². The lowest BCUT2D eigenvalue weighted by atomic mass is 9.89. The second kappa shape index (κ2) is 4.63. The summed E-state index contributed by atoms with van der Waals surface area (Å²) in [5.41, 5.74) is 6.59. The van der Waals surface area contributed by atoms with Crippen LogP contribution in [-0.4, -0.2) is 30.3 Å². The summed E-state index contributed by atoms with van der Waals surface area (Å²) < 4.78 is 5.12. The van der Waals surface area contributed by atoms with Crippen molar-refractivity contribution in [3.63, 3.8) is 0 Å². The number of benzene rings is 1. The van der Waals surface area contributed by atoms with Crippen molar-refractivity contribution in [3.05, 3.63) is 23.8 Å². The van der Waals surface area contributed by atoms with E-state index in [1.54, 1.807) is 18.2 Å². The highest BCUT2D eigenvalue weighted by molar-refractivity contribution is 5.98. The Morgan fingerprint density at radius 1 is 1.53 bits per heavy atom. The zero-order valence-corrected chi connectivity index (χ0v) is 9.64. The van der Waals surface area contributed by atoms with E-state index in [4.69, 9.17) is 15.6 Å². The van der Waals surface area contributed by atoms with Gasteiger partial charge in [-0.3, -0.25) is 4.79 Å². The highest BCUT2D eigenvalue weighted by atomic mass is 16.5. The number of methoxy groups -OCH3 is 1. The number of hydrogen-bond donors (Lipinski definition) is 3. The highest BCUT2D eigenvalue weighted by Gasteiger charge is 2.29. The number of nitrogens with one attached hydrogen (secondary N) is 1. The summed E-state index contributed by atoms with van der Waals surface area (Å²) in [5.74, 6) is 0.177. The van der Waals surface area contributed by atoms with Crippen molar-refractivity contribution < 1.29 is 14.6 Å². The lowest BCUT2D eigenvalue weighted by Gasteiger charge is -2.32. The fourth-order valence-corrected chi connectivity index (χ4v) is 1.93. The van der Waals surface area contributed by atoms with Gasteiger partial charge in [0.2, 0.25) is 0 Å². The van der Waals surface area contributed by atoms with Crippen LogP contribution in [0, 0.1) is 0 Å². The molecule has 0 heterocycles. The summed E-state index contributed by atoms with van der Waals surface area (Å²) >= 11 is 0. The molecule has 1 aromatic rings. The van der Waals surface area contributed by atoms with Crippen molar-refractivity contribution in [2.75, 3.05) is 12.8 Å². The SMILES string of the molecule is COc1c(N)cccc1C(=O)NC1CC(O)C1. The van der Waals surface area contributed by atoms with Crippen molar-refractivity contribution in [1.29, 1.82) is 0 Å². The van der Waals surface area contributed by atoms with Gasteiger partial charge in [0, 0.05) is 6.04 Å². The molecule has 0 aliphatic heterocycles. The molecule has 1 fully saturated rings. The second-order valence-electron chi connectivity index (χ2n) is 4.22. The molecule has 1 saturated carbocycles. The van der Waals surface area contributed by atoms with Crippen LogP contribution in [0.2, 0.25) is 0 Å². The number of para-hydroxylation sites is 1. The number of ether oxygens (including phenoxy) is 1. The first-order valence-electron chi connectivity index (χ1n) is 5.53. The Kier molecular flexibility index (Phi) is 3.19. The monoisotopic (exact) mass is 236 g/mol. The third-order valence-electron chi connectivity index (χ3n) is 2.94. The average molecular weight is 236 g/mol. The molecule has 92 valence electrons. The minimum absolute atomic E-state index is 0.0450. The summed E-state index contributed by atoms with van der Waals surface area (Å²) in [6, 6.07) is 5.11. The van der Waals surface area contributed by atoms with Crippen LogP contribution in [0.3, 0.4) is 0 Å². The minimum Gasteiger partial charge on any atom is -0.494 e. The van der Waals surface area contributed by atoms with Gasteiger partial charge in [-0.1, -0.05) is 6.07 Å². The molecule has 2 rings (SSSR count). The molecule has 0 atom stereocenters. The van der Waals surface area contributed by atoms with E-state index in [1.165, 1.54) is 7.11 Å². The minimum atomic E-state index is -0.289. The number of amides is 1. The molecule has 1 aliphatic carbocycles. The van der Waals surface area contributed by atoms with Gasteiger partial charge in [0.05, 0.1) is 24.5 Å². The van der Waals surface area contributed by atoms with E-state index >= 15 is 0 Å². The van der Waals surface area contributed by atoms with Gasteiger partial charge in [-0.25, -0.2) is 0 Å². The predicted octanol–water partition coefficient (Wildman–Crippen LogP) is 0.530. The number of nitrogens with two attached hydrogens (primary N) is 1. The number of carbonyl (C=O) groups is 1. The number of carbonyl (C=O) groups excluding carboxylic acids is 1. The smallest absolute Gasteiger partial charge is 0.255 e. The standard InChI is InChI=1S/C12H16N2O3/c1-17-11-9(3-2-4-10(11)13)12(16)14-7-5-8(15)6-7/h2-4,7-8,15H,5-6,13H2,1H3,(H,14,16). The molecule has 17 heavy (non-hydrogen) atoms. The van der Waals surface area contributed by atoms with Gasteiger partial charge in [0.1, 0.15) is 0 Å². The van der Waals surface area contributed by atoms with Gasteiger partial charge in [-0.2, -0.15) is 0 Å². The first-order chi connectivity index (χ1) is 8.11. The second-order valence-corrected chi connectivity index (χ2v) is 4.22. The molecular formula is C12H16N2O3. The maximum absolute atomic E-state index is 12.0. The van der Waals surface area contributed by atoms with Crippen molar-refractivity contribution in [2.45, 2.75) is 25.0 Å². The normalized spacial score (nSPS) is 22.7. The van der Waals surface area contributed by atoms with E-state index in [-0.39, 0.29) is 18.1 Å². The van der Waals surface area contributed by atoms with Crippen molar-refractivity contribution in [2.24, 2.45) is 0 Å². The third kappa shape index (κ3) is 2.34. The number of aliphatic hydroxyl groups is 1. The predicted molar refractivity (Wildman–Crippen MR) is 63.9 cm³/mol. The van der Waals surface area contributed by atoms with Crippen LogP contribution >= 0.6 is 0 Å². The molecule has 0 spiro atoms. The number of aliphatic hydroxyl groups excluding tert-OH is 1. The molecule has 0 bridgehead atoms. The maximum atomic E-state index is 12.0. The van der Waals surface area contributed by atoms with E-state index < -0.39 is 0 Å². The van der Waals surface area contributed by atoms with Crippen LogP contribution < -0.4 is 15.8 Å². The van der Waals surface area contributed by atoms with E-state index in [2.05, 4.69) is 5.32 Å². The lowest BCUT2D eigenvalue weighted by Crippen LogP contribution is -2.46. The molecule has 1 amide bonds. The molecule has 0 unspecified atom stereocenters. The van der Waals surface area contributed by atoms with Gasteiger partial charge in [0.25, 0.3) is 5.91 Å². The zero-order valence-electron chi connectivity index (χ0n) is 9.64. The van der Waals surface area contributed by atoms with Crippen LogP contribution in [0.25, 0.3) is 0 Å². The van der Waals surface area contributed by atoms with E-state index in [0.29, 0.717) is 29.8 Å². The van der Waals surface area contributed by atoms with E-state index in [1.807, 2.05) is 0 Å². The topological polar surface area (TPSA) is 84.6 Å². The van der Waals surface area contributed by atoms with Gasteiger partial charge < -0.3 is 20.9 Å². The fourth-order valence-electron chi connectivity index (χ4n) is 1.93. The zero-order chi connectivity index (χ0) is 12.4. The Morgan fingerprint density at radius 2 is 2.24 bits per heavy atom. The summed E-state index contributed by atoms with van der Waals surface area (Å²) in [4.78, 5) is 12.0. The molecule has 1 aromatic carbocycles. The van der Waals surface area contributed by atoms with Gasteiger partial charge in [-0.15, -0.1) is 0 Å². The van der Waals surface area contributed by atoms with E-state index in [0.717, 1.165) is 0 Å². The first kappa shape index (κ1) is 11.7.